The molecule has 0 unspecified atom stereocenters. The van der Waals surface area contributed by atoms with Crippen LogP contribution in [0.2, 0.25) is 0 Å². The Labute approximate surface area is 136 Å². The largest absolute Gasteiger partial charge is 0.345 e. The van der Waals surface area contributed by atoms with E-state index in [0.29, 0.717) is 11.3 Å². The van der Waals surface area contributed by atoms with Crippen LogP contribution in [-0.4, -0.2) is 11.8 Å². The van der Waals surface area contributed by atoms with Gasteiger partial charge in [0.25, 0.3) is 5.91 Å². The highest BCUT2D eigenvalue weighted by atomic mass is 16.2. The summed E-state index contributed by atoms with van der Waals surface area (Å²) in [5.41, 5.74) is 2.22. The first-order valence-corrected chi connectivity index (χ1v) is 7.71. The monoisotopic (exact) mass is 310 g/mol. The summed E-state index contributed by atoms with van der Waals surface area (Å²) in [6.45, 7) is 5.59. The average Bonchev–Trinajstić information content (AvgIpc) is 2.52. The van der Waals surface area contributed by atoms with Gasteiger partial charge >= 0.3 is 0 Å². The van der Waals surface area contributed by atoms with Crippen molar-refractivity contribution in [2.24, 2.45) is 5.92 Å². The lowest BCUT2D eigenvalue weighted by molar-refractivity contribution is -0.114. The number of benzene rings is 2. The number of rotatable bonds is 5. The number of nitrogens with one attached hydrogen (secondary N) is 2. The minimum atomic E-state index is -0.160. The molecule has 0 fully saturated rings. The van der Waals surface area contributed by atoms with Crippen LogP contribution in [0.1, 0.15) is 42.7 Å². The molecule has 4 heteroatoms. The molecule has 1 atom stereocenters. The lowest BCUT2D eigenvalue weighted by Crippen LogP contribution is -2.31. The normalized spacial score (nSPS) is 11.8. The van der Waals surface area contributed by atoms with E-state index in [1.165, 1.54) is 6.92 Å². The summed E-state index contributed by atoms with van der Waals surface area (Å²) in [5.74, 6) is -0.0495. The Bertz CT molecular complexity index is 681. The summed E-state index contributed by atoms with van der Waals surface area (Å²) in [4.78, 5) is 23.7. The van der Waals surface area contributed by atoms with Crippen LogP contribution < -0.4 is 10.6 Å². The van der Waals surface area contributed by atoms with Gasteiger partial charge in [-0.2, -0.15) is 0 Å². The maximum Gasteiger partial charge on any atom is 0.251 e. The summed E-state index contributed by atoms with van der Waals surface area (Å²) >= 11 is 0. The third-order valence-electron chi connectivity index (χ3n) is 3.56. The molecule has 2 N–H and O–H groups in total. The zero-order valence-electron chi connectivity index (χ0n) is 13.7. The molecule has 0 saturated carbocycles. The fourth-order valence-corrected chi connectivity index (χ4v) is 2.46. The molecule has 2 aromatic rings. The van der Waals surface area contributed by atoms with Crippen molar-refractivity contribution in [2.45, 2.75) is 26.8 Å². The molecule has 0 saturated heterocycles. The van der Waals surface area contributed by atoms with E-state index in [4.69, 9.17) is 0 Å². The van der Waals surface area contributed by atoms with Gasteiger partial charge in [0.05, 0.1) is 6.04 Å². The summed E-state index contributed by atoms with van der Waals surface area (Å²) in [5, 5.41) is 5.77. The number of hydrogen-bond acceptors (Lipinski definition) is 2. The van der Waals surface area contributed by atoms with E-state index < -0.39 is 0 Å². The van der Waals surface area contributed by atoms with Crippen molar-refractivity contribution in [1.82, 2.24) is 5.32 Å². The van der Waals surface area contributed by atoms with Gasteiger partial charge in [-0.15, -0.1) is 0 Å². The van der Waals surface area contributed by atoms with Gasteiger partial charge < -0.3 is 10.6 Å². The zero-order chi connectivity index (χ0) is 16.8. The van der Waals surface area contributed by atoms with Crippen molar-refractivity contribution < 1.29 is 9.59 Å². The topological polar surface area (TPSA) is 58.2 Å². The van der Waals surface area contributed by atoms with Crippen LogP contribution in [0, 0.1) is 5.92 Å². The van der Waals surface area contributed by atoms with Crippen LogP contribution >= 0.6 is 0 Å². The van der Waals surface area contributed by atoms with Crippen molar-refractivity contribution in [1.29, 1.82) is 0 Å². The Morgan fingerprint density at radius 2 is 1.65 bits per heavy atom. The Kier molecular flexibility index (Phi) is 5.52. The van der Waals surface area contributed by atoms with Crippen LogP contribution in [0.25, 0.3) is 0 Å². The summed E-state index contributed by atoms with van der Waals surface area (Å²) in [7, 11) is 0. The molecule has 120 valence electrons. The molecular formula is C19H22N2O2. The highest BCUT2D eigenvalue weighted by Gasteiger charge is 2.19. The summed E-state index contributed by atoms with van der Waals surface area (Å²) in [6.07, 6.45) is 0. The fraction of sp³-hybridized carbons (Fsp3) is 0.263. The standard InChI is InChI=1S/C19H22N2O2/c1-13(2)18(15-8-5-4-6-9-15)21-19(23)16-10-7-11-17(12-16)20-14(3)22/h4-13,18H,1-3H3,(H,20,22)(H,21,23)/t18-/m1/s1. The second-order valence-electron chi connectivity index (χ2n) is 5.87. The molecule has 2 aromatic carbocycles. The number of anilines is 1. The van der Waals surface area contributed by atoms with E-state index in [0.717, 1.165) is 5.56 Å². The average molecular weight is 310 g/mol. The molecule has 23 heavy (non-hydrogen) atoms. The first-order chi connectivity index (χ1) is 11.0. The first kappa shape index (κ1) is 16.7. The van der Waals surface area contributed by atoms with Crippen LogP contribution in [0.5, 0.6) is 0 Å². The van der Waals surface area contributed by atoms with Gasteiger partial charge in [-0.1, -0.05) is 50.2 Å². The van der Waals surface area contributed by atoms with Gasteiger partial charge in [0.15, 0.2) is 0 Å². The minimum Gasteiger partial charge on any atom is -0.345 e. The van der Waals surface area contributed by atoms with Gasteiger partial charge in [-0.3, -0.25) is 9.59 Å². The summed E-state index contributed by atoms with van der Waals surface area (Å²) in [6, 6.07) is 16.8. The van der Waals surface area contributed by atoms with Crippen molar-refractivity contribution in [2.75, 3.05) is 5.32 Å². The lowest BCUT2D eigenvalue weighted by Gasteiger charge is -2.23. The molecule has 2 amide bonds. The molecule has 4 nitrogen and oxygen atoms in total. The third-order valence-corrected chi connectivity index (χ3v) is 3.56. The number of carbonyl (C=O) groups is 2. The van der Waals surface area contributed by atoms with E-state index in [2.05, 4.69) is 24.5 Å². The van der Waals surface area contributed by atoms with E-state index in [-0.39, 0.29) is 23.8 Å². The molecule has 0 bridgehead atoms. The SMILES string of the molecule is CC(=O)Nc1cccc(C(=O)N[C@@H](c2ccccc2)C(C)C)c1. The van der Waals surface area contributed by atoms with E-state index in [1.54, 1.807) is 24.3 Å². The Morgan fingerprint density at radius 3 is 2.26 bits per heavy atom. The van der Waals surface area contributed by atoms with Crippen LogP contribution in [0.3, 0.4) is 0 Å². The van der Waals surface area contributed by atoms with Gasteiger partial charge in [0.2, 0.25) is 5.91 Å². The van der Waals surface area contributed by atoms with Crippen molar-refractivity contribution >= 4 is 17.5 Å². The molecule has 0 heterocycles. The molecule has 0 aliphatic heterocycles. The molecule has 0 aliphatic rings. The quantitative estimate of drug-likeness (QED) is 0.883. The first-order valence-electron chi connectivity index (χ1n) is 7.71. The van der Waals surface area contributed by atoms with Crippen molar-refractivity contribution in [3.05, 3.63) is 65.7 Å². The highest BCUT2D eigenvalue weighted by molar-refractivity contribution is 5.97. The molecular weight excluding hydrogens is 288 g/mol. The smallest absolute Gasteiger partial charge is 0.251 e. The van der Waals surface area contributed by atoms with Gasteiger partial charge in [0, 0.05) is 18.2 Å². The predicted molar refractivity (Wildman–Crippen MR) is 92.2 cm³/mol. The number of hydrogen-bond donors (Lipinski definition) is 2. The zero-order valence-corrected chi connectivity index (χ0v) is 13.7. The molecule has 0 aromatic heterocycles. The third kappa shape index (κ3) is 4.68. The second-order valence-corrected chi connectivity index (χ2v) is 5.87. The van der Waals surface area contributed by atoms with Gasteiger partial charge in [-0.05, 0) is 29.7 Å². The number of carbonyl (C=O) groups excluding carboxylic acids is 2. The predicted octanol–water partition coefficient (Wildman–Crippen LogP) is 3.77. The van der Waals surface area contributed by atoms with Crippen molar-refractivity contribution in [3.63, 3.8) is 0 Å². The van der Waals surface area contributed by atoms with E-state index >= 15 is 0 Å². The maximum atomic E-state index is 12.5. The second kappa shape index (κ2) is 7.58. The Hall–Kier alpha value is -2.62. The van der Waals surface area contributed by atoms with Gasteiger partial charge in [0.1, 0.15) is 0 Å². The Morgan fingerprint density at radius 1 is 0.957 bits per heavy atom. The molecule has 2 rings (SSSR count). The molecule has 0 radical (unpaired) electrons. The fourth-order valence-electron chi connectivity index (χ4n) is 2.46. The molecule has 0 spiro atoms. The van der Waals surface area contributed by atoms with Crippen molar-refractivity contribution in [3.8, 4) is 0 Å². The summed E-state index contributed by atoms with van der Waals surface area (Å²) < 4.78 is 0. The minimum absolute atomic E-state index is 0.0619. The van der Waals surface area contributed by atoms with Gasteiger partial charge in [-0.25, -0.2) is 0 Å². The van der Waals surface area contributed by atoms with Crippen LogP contribution in [0.4, 0.5) is 5.69 Å². The lowest BCUT2D eigenvalue weighted by atomic mass is 9.95. The molecule has 0 aliphatic carbocycles. The van der Waals surface area contributed by atoms with E-state index in [1.807, 2.05) is 30.3 Å². The van der Waals surface area contributed by atoms with Crippen LogP contribution in [-0.2, 0) is 4.79 Å². The number of amides is 2. The Balaban J connectivity index is 2.18. The maximum absolute atomic E-state index is 12.5. The van der Waals surface area contributed by atoms with Crippen LogP contribution in [0.15, 0.2) is 54.6 Å². The van der Waals surface area contributed by atoms with E-state index in [9.17, 15) is 9.59 Å². The highest BCUT2D eigenvalue weighted by Crippen LogP contribution is 2.22.